The highest BCUT2D eigenvalue weighted by Gasteiger charge is 2.29. The van der Waals surface area contributed by atoms with E-state index in [1.807, 2.05) is 44.2 Å². The van der Waals surface area contributed by atoms with Gasteiger partial charge in [0.25, 0.3) is 11.6 Å². The Bertz CT molecular complexity index is 976. The number of carbonyl (C=O) groups excluding carboxylic acids is 1. The molecule has 1 atom stereocenters. The number of hydrogen-bond acceptors (Lipinski definition) is 5. The van der Waals surface area contributed by atoms with Gasteiger partial charge in [0, 0.05) is 17.2 Å². The summed E-state index contributed by atoms with van der Waals surface area (Å²) in [5, 5.41) is 7.73. The second-order valence-corrected chi connectivity index (χ2v) is 6.75. The number of nitrogens with zero attached hydrogens (tertiary/aromatic N) is 2. The molecule has 0 bridgehead atoms. The number of aromatic nitrogens is 2. The van der Waals surface area contributed by atoms with Crippen LogP contribution in [0.2, 0.25) is 0 Å². The van der Waals surface area contributed by atoms with Gasteiger partial charge in [-0.1, -0.05) is 23.4 Å². The number of ether oxygens (including phenoxy) is 1. The van der Waals surface area contributed by atoms with E-state index in [9.17, 15) is 4.79 Å². The summed E-state index contributed by atoms with van der Waals surface area (Å²) >= 11 is 0. The highest BCUT2D eigenvalue weighted by atomic mass is 16.5. The van der Waals surface area contributed by atoms with Gasteiger partial charge in [0.05, 0.1) is 29.8 Å². The number of pyridine rings is 1. The van der Waals surface area contributed by atoms with Crippen LogP contribution in [0.5, 0.6) is 5.75 Å². The van der Waals surface area contributed by atoms with E-state index in [-0.39, 0.29) is 11.9 Å². The number of nitrogens with one attached hydrogen (secondary N) is 1. The number of para-hydroxylation sites is 1. The van der Waals surface area contributed by atoms with Gasteiger partial charge in [-0.2, -0.15) is 0 Å². The third kappa shape index (κ3) is 2.92. The van der Waals surface area contributed by atoms with Gasteiger partial charge in [-0.05, 0) is 38.8 Å². The van der Waals surface area contributed by atoms with Gasteiger partial charge in [0.2, 0.25) is 0 Å². The van der Waals surface area contributed by atoms with Crippen LogP contribution in [0.1, 0.15) is 59.0 Å². The minimum atomic E-state index is -0.202. The number of methoxy groups -OCH3 is 1. The molecule has 0 saturated heterocycles. The van der Waals surface area contributed by atoms with E-state index in [2.05, 4.69) is 15.5 Å². The van der Waals surface area contributed by atoms with Gasteiger partial charge in [-0.3, -0.25) is 4.79 Å². The van der Waals surface area contributed by atoms with Crippen LogP contribution in [0.4, 0.5) is 0 Å². The number of rotatable bonds is 5. The van der Waals surface area contributed by atoms with E-state index in [4.69, 9.17) is 9.26 Å². The molecule has 6 heteroatoms. The van der Waals surface area contributed by atoms with Crippen LogP contribution in [0.3, 0.4) is 0 Å². The van der Waals surface area contributed by atoms with Crippen molar-refractivity contribution in [2.45, 2.75) is 38.6 Å². The summed E-state index contributed by atoms with van der Waals surface area (Å²) in [5.41, 5.74) is 3.51. The Balaban J connectivity index is 1.68. The molecule has 0 spiro atoms. The third-order valence-electron chi connectivity index (χ3n) is 4.83. The summed E-state index contributed by atoms with van der Waals surface area (Å²) in [5.74, 6) is 1.01. The maximum atomic E-state index is 13.0. The molecule has 1 N–H and O–H groups in total. The molecule has 0 aliphatic heterocycles. The molecule has 0 unspecified atom stereocenters. The minimum Gasteiger partial charge on any atom is -0.496 e. The Kier molecular flexibility index (Phi) is 4.11. The molecule has 1 aliphatic carbocycles. The van der Waals surface area contributed by atoms with Gasteiger partial charge in [-0.15, -0.1) is 0 Å². The van der Waals surface area contributed by atoms with Crippen molar-refractivity contribution in [3.05, 3.63) is 52.8 Å². The van der Waals surface area contributed by atoms with Gasteiger partial charge in [0.15, 0.2) is 0 Å². The van der Waals surface area contributed by atoms with E-state index in [1.54, 1.807) is 7.11 Å². The van der Waals surface area contributed by atoms with Crippen LogP contribution in [0.15, 0.2) is 34.9 Å². The fourth-order valence-electron chi connectivity index (χ4n) is 3.26. The molecule has 6 nitrogen and oxygen atoms in total. The maximum Gasteiger partial charge on any atom is 0.259 e. The van der Waals surface area contributed by atoms with E-state index in [0.717, 1.165) is 29.8 Å². The Hall–Kier alpha value is -2.89. The van der Waals surface area contributed by atoms with Gasteiger partial charge >= 0.3 is 0 Å². The number of carbonyl (C=O) groups is 1. The average molecular weight is 351 g/mol. The van der Waals surface area contributed by atoms with Crippen LogP contribution in [0, 0.1) is 6.92 Å². The maximum absolute atomic E-state index is 13.0. The predicted octanol–water partition coefficient (Wildman–Crippen LogP) is 3.91. The lowest BCUT2D eigenvalue weighted by Crippen LogP contribution is -2.27. The van der Waals surface area contributed by atoms with Crippen LogP contribution in [-0.4, -0.2) is 23.2 Å². The van der Waals surface area contributed by atoms with Crippen LogP contribution >= 0.6 is 0 Å². The lowest BCUT2D eigenvalue weighted by atomic mass is 10.0. The van der Waals surface area contributed by atoms with Gasteiger partial charge < -0.3 is 14.6 Å². The van der Waals surface area contributed by atoms with Crippen molar-refractivity contribution in [1.82, 2.24) is 15.5 Å². The summed E-state index contributed by atoms with van der Waals surface area (Å²) in [6, 6.07) is 9.36. The van der Waals surface area contributed by atoms with Crippen molar-refractivity contribution < 1.29 is 14.1 Å². The summed E-state index contributed by atoms with van der Waals surface area (Å²) in [6.07, 6.45) is 2.20. The van der Waals surface area contributed by atoms with Crippen LogP contribution in [0.25, 0.3) is 11.1 Å². The standard InChI is InChI=1S/C20H21N3O3/c1-11(14-6-4-5-7-17(14)25-3)21-19(24)15-10-16(13-8-9-13)22-20-18(15)12(2)23-26-20/h4-7,10-11,13H,8-9H2,1-3H3,(H,21,24)/t11-/m0/s1. The fourth-order valence-corrected chi connectivity index (χ4v) is 3.26. The van der Waals surface area contributed by atoms with Crippen molar-refractivity contribution >= 4 is 17.0 Å². The average Bonchev–Trinajstić information content (AvgIpc) is 3.44. The quantitative estimate of drug-likeness (QED) is 0.754. The smallest absolute Gasteiger partial charge is 0.259 e. The lowest BCUT2D eigenvalue weighted by Gasteiger charge is -2.17. The predicted molar refractivity (Wildman–Crippen MR) is 97.4 cm³/mol. The molecule has 0 radical (unpaired) electrons. The zero-order valence-corrected chi connectivity index (χ0v) is 15.1. The second kappa shape index (κ2) is 6.44. The zero-order valence-electron chi connectivity index (χ0n) is 15.1. The van der Waals surface area contributed by atoms with Crippen LogP contribution in [-0.2, 0) is 0 Å². The summed E-state index contributed by atoms with van der Waals surface area (Å²) in [7, 11) is 1.63. The van der Waals surface area contributed by atoms with Gasteiger partial charge in [0.1, 0.15) is 5.75 Å². The van der Waals surface area contributed by atoms with E-state index in [1.165, 1.54) is 0 Å². The Labute approximate surface area is 151 Å². The molecule has 4 rings (SSSR count). The Morgan fingerprint density at radius 3 is 2.85 bits per heavy atom. The topological polar surface area (TPSA) is 77.2 Å². The molecule has 1 aliphatic rings. The zero-order chi connectivity index (χ0) is 18.3. The molecule has 1 saturated carbocycles. The summed E-state index contributed by atoms with van der Waals surface area (Å²) < 4.78 is 10.7. The van der Waals surface area contributed by atoms with Crippen molar-refractivity contribution in [1.29, 1.82) is 0 Å². The first kappa shape index (κ1) is 16.6. The van der Waals surface area contributed by atoms with E-state index >= 15 is 0 Å². The first-order valence-corrected chi connectivity index (χ1v) is 8.79. The molecule has 134 valence electrons. The summed E-state index contributed by atoms with van der Waals surface area (Å²) in [4.78, 5) is 17.6. The molecule has 1 aromatic carbocycles. The number of benzene rings is 1. The third-order valence-corrected chi connectivity index (χ3v) is 4.83. The Morgan fingerprint density at radius 2 is 2.12 bits per heavy atom. The fraction of sp³-hybridized carbons (Fsp3) is 0.350. The molecule has 1 fully saturated rings. The SMILES string of the molecule is COc1ccccc1[C@H](C)NC(=O)c1cc(C2CC2)nc2onc(C)c12. The first-order chi connectivity index (χ1) is 12.6. The molecule has 2 aromatic heterocycles. The van der Waals surface area contributed by atoms with Crippen LogP contribution < -0.4 is 10.1 Å². The van der Waals surface area contributed by atoms with Crippen molar-refractivity contribution in [2.24, 2.45) is 0 Å². The Morgan fingerprint density at radius 1 is 1.35 bits per heavy atom. The number of fused-ring (bicyclic) bond motifs is 1. The second-order valence-electron chi connectivity index (χ2n) is 6.75. The molecule has 26 heavy (non-hydrogen) atoms. The molecule has 3 aromatic rings. The van der Waals surface area contributed by atoms with E-state index < -0.39 is 0 Å². The number of amides is 1. The normalized spacial score (nSPS) is 15.0. The lowest BCUT2D eigenvalue weighted by molar-refractivity contribution is 0.0941. The highest BCUT2D eigenvalue weighted by Crippen LogP contribution is 2.40. The molecular weight excluding hydrogens is 330 g/mol. The summed E-state index contributed by atoms with van der Waals surface area (Å²) in [6.45, 7) is 3.77. The van der Waals surface area contributed by atoms with Gasteiger partial charge in [-0.25, -0.2) is 4.98 Å². The van der Waals surface area contributed by atoms with E-state index in [0.29, 0.717) is 28.3 Å². The number of hydrogen-bond donors (Lipinski definition) is 1. The first-order valence-electron chi connectivity index (χ1n) is 8.79. The number of aryl methyl sites for hydroxylation is 1. The minimum absolute atomic E-state index is 0.163. The molecular formula is C20H21N3O3. The molecule has 2 heterocycles. The van der Waals surface area contributed by atoms with Crippen molar-refractivity contribution in [3.63, 3.8) is 0 Å². The van der Waals surface area contributed by atoms with Crippen molar-refractivity contribution in [2.75, 3.05) is 7.11 Å². The van der Waals surface area contributed by atoms with Crippen molar-refractivity contribution in [3.8, 4) is 5.75 Å². The monoisotopic (exact) mass is 351 g/mol. The highest BCUT2D eigenvalue weighted by molar-refractivity contribution is 6.06. The largest absolute Gasteiger partial charge is 0.496 e. The molecule has 1 amide bonds.